The van der Waals surface area contributed by atoms with Crippen molar-refractivity contribution in [2.45, 2.75) is 96.2 Å². The fraction of sp³-hybridized carbons (Fsp3) is 0.600. The van der Waals surface area contributed by atoms with Crippen LogP contribution >= 0.6 is 23.2 Å². The lowest BCUT2D eigenvalue weighted by molar-refractivity contribution is -0.140. The van der Waals surface area contributed by atoms with Crippen molar-refractivity contribution in [2.24, 2.45) is 11.3 Å². The first-order valence-electron chi connectivity index (χ1n) is 14.9. The molecule has 0 bridgehead atoms. The molecule has 2 fully saturated rings. The highest BCUT2D eigenvalue weighted by Gasteiger charge is 2.61. The molecule has 4 rings (SSSR count). The molecule has 3 aliphatic rings. The summed E-state index contributed by atoms with van der Waals surface area (Å²) in [6.07, 6.45) is 7.64. The van der Waals surface area contributed by atoms with Gasteiger partial charge >= 0.3 is 16.3 Å². The number of halogens is 2. The Morgan fingerprint density at radius 1 is 1.05 bits per heavy atom. The summed E-state index contributed by atoms with van der Waals surface area (Å²) in [5.41, 5.74) is -1.91. The van der Waals surface area contributed by atoms with Gasteiger partial charge in [-0.1, -0.05) is 48.2 Å². The van der Waals surface area contributed by atoms with Gasteiger partial charge in [-0.3, -0.25) is 19.1 Å². The number of allylic oxidation sites excluding steroid dienone is 2. The normalized spacial score (nSPS) is 27.2. The van der Waals surface area contributed by atoms with E-state index in [0.717, 1.165) is 12.8 Å². The molecule has 3 N–H and O–H groups in total. The number of hydrogen-bond donors (Lipinski definition) is 3. The van der Waals surface area contributed by atoms with Gasteiger partial charge in [0.25, 0.3) is 0 Å². The van der Waals surface area contributed by atoms with Gasteiger partial charge < -0.3 is 15.0 Å². The van der Waals surface area contributed by atoms with E-state index in [4.69, 9.17) is 27.9 Å². The second-order valence-electron chi connectivity index (χ2n) is 12.7. The second kappa shape index (κ2) is 13.7. The predicted molar refractivity (Wildman–Crippen MR) is 167 cm³/mol. The molecule has 14 heteroatoms. The number of fused-ring (bicyclic) bond motifs is 2. The van der Waals surface area contributed by atoms with Crippen LogP contribution in [0.1, 0.15) is 78.6 Å². The van der Waals surface area contributed by atoms with E-state index in [2.05, 4.69) is 14.8 Å². The van der Waals surface area contributed by atoms with E-state index in [1.807, 2.05) is 12.2 Å². The largest absolute Gasteiger partial charge is 0.444 e. The number of benzene rings is 1. The fourth-order valence-corrected chi connectivity index (χ4v) is 7.08. The molecule has 3 amide bonds. The van der Waals surface area contributed by atoms with E-state index in [-0.39, 0.29) is 39.8 Å². The topological polar surface area (TPSA) is 151 Å². The zero-order chi connectivity index (χ0) is 32.3. The minimum atomic E-state index is -4.37. The maximum absolute atomic E-state index is 13.8. The van der Waals surface area contributed by atoms with Gasteiger partial charge in [-0.05, 0) is 83.4 Å². The van der Waals surface area contributed by atoms with Crippen LogP contribution in [0.3, 0.4) is 0 Å². The molecule has 2 aliphatic heterocycles. The lowest BCUT2D eigenvalue weighted by Gasteiger charge is -2.30. The number of ketones is 1. The van der Waals surface area contributed by atoms with E-state index >= 15 is 0 Å². The smallest absolute Gasteiger partial charge is 0.408 e. The van der Waals surface area contributed by atoms with Crippen molar-refractivity contribution in [1.82, 2.24) is 14.9 Å². The van der Waals surface area contributed by atoms with E-state index < -0.39 is 45.3 Å². The summed E-state index contributed by atoms with van der Waals surface area (Å²) < 4.78 is 35.6. The van der Waals surface area contributed by atoms with Crippen LogP contribution in [0.25, 0.3) is 0 Å². The van der Waals surface area contributed by atoms with Crippen molar-refractivity contribution in [3.63, 3.8) is 0 Å². The number of Topliss-reactive ketones (excluding diaryl/α,β-unsaturated/α-hetero) is 1. The molecule has 0 radical (unpaired) electrons. The van der Waals surface area contributed by atoms with Crippen molar-refractivity contribution < 1.29 is 32.3 Å². The standard InChI is InChI=1S/C30H40Cl2N4O7S/c1-29(2,3)43-28(40)33-23-11-8-6-4-5-7-10-19-17-30(19,18-25(37)24-12-9-15-36(24)26(23)38)27(39)35-44(41,42)34-20-13-14-21(31)22(32)16-20/h7,10,13-14,16,19,23-24,34H,4-6,8-9,11-12,15,17-18H2,1-3H3,(H,33,40)(H,35,39)/b10-7-/t19-,23+,24+,30-/m1/s1. The van der Waals surface area contributed by atoms with Gasteiger partial charge in [0.05, 0.1) is 27.2 Å². The molecule has 1 aliphatic carbocycles. The van der Waals surface area contributed by atoms with Gasteiger partial charge in [0.2, 0.25) is 11.8 Å². The molecule has 1 aromatic carbocycles. The summed E-state index contributed by atoms with van der Waals surface area (Å²) in [6.45, 7) is 5.55. The fourth-order valence-electron chi connectivity index (χ4n) is 5.84. The van der Waals surface area contributed by atoms with Gasteiger partial charge in [0.15, 0.2) is 5.78 Å². The van der Waals surface area contributed by atoms with Crippen molar-refractivity contribution in [1.29, 1.82) is 0 Å². The van der Waals surface area contributed by atoms with E-state index in [1.54, 1.807) is 20.8 Å². The first-order chi connectivity index (χ1) is 20.6. The molecule has 1 saturated carbocycles. The number of amides is 3. The molecule has 1 aromatic rings. The van der Waals surface area contributed by atoms with Gasteiger partial charge in [0.1, 0.15) is 11.6 Å². The molecule has 11 nitrogen and oxygen atoms in total. The molecule has 0 unspecified atom stereocenters. The highest BCUT2D eigenvalue weighted by molar-refractivity contribution is 7.91. The monoisotopic (exact) mass is 670 g/mol. The summed E-state index contributed by atoms with van der Waals surface area (Å²) >= 11 is 11.9. The minimum absolute atomic E-state index is 0.109. The first-order valence-corrected chi connectivity index (χ1v) is 17.1. The number of carbonyl (C=O) groups is 4. The number of nitrogens with one attached hydrogen (secondary N) is 3. The third-order valence-electron chi connectivity index (χ3n) is 8.10. The highest BCUT2D eigenvalue weighted by atomic mass is 35.5. The minimum Gasteiger partial charge on any atom is -0.444 e. The summed E-state index contributed by atoms with van der Waals surface area (Å²) in [7, 11) is -4.37. The molecule has 0 aromatic heterocycles. The maximum Gasteiger partial charge on any atom is 0.408 e. The number of rotatable bonds is 5. The van der Waals surface area contributed by atoms with Crippen molar-refractivity contribution in [2.75, 3.05) is 11.3 Å². The molecule has 0 spiro atoms. The Kier molecular flexibility index (Phi) is 10.6. The lowest BCUT2D eigenvalue weighted by atomic mass is 9.91. The third-order valence-corrected chi connectivity index (χ3v) is 9.80. The number of ether oxygens (including phenoxy) is 1. The van der Waals surface area contributed by atoms with Crippen LogP contribution in [0.2, 0.25) is 10.0 Å². The Morgan fingerprint density at radius 2 is 1.80 bits per heavy atom. The summed E-state index contributed by atoms with van der Waals surface area (Å²) in [4.78, 5) is 55.1. The summed E-state index contributed by atoms with van der Waals surface area (Å²) in [6, 6.07) is 2.51. The number of alkyl carbamates (subject to hydrolysis) is 1. The first kappa shape index (κ1) is 34.1. The van der Waals surface area contributed by atoms with Crippen LogP contribution in [-0.4, -0.2) is 61.2 Å². The predicted octanol–water partition coefficient (Wildman–Crippen LogP) is 5.14. The maximum atomic E-state index is 13.8. The molecular formula is C30H40Cl2N4O7S. The number of hydrogen-bond acceptors (Lipinski definition) is 7. The molecule has 44 heavy (non-hydrogen) atoms. The summed E-state index contributed by atoms with van der Waals surface area (Å²) in [5, 5.41) is 3.09. The van der Waals surface area contributed by atoms with Gasteiger partial charge in [-0.2, -0.15) is 8.42 Å². The van der Waals surface area contributed by atoms with Crippen molar-refractivity contribution in [3.05, 3.63) is 40.4 Å². The second-order valence-corrected chi connectivity index (χ2v) is 15.0. The van der Waals surface area contributed by atoms with E-state index in [0.29, 0.717) is 45.1 Å². The molecular weight excluding hydrogens is 631 g/mol. The molecule has 1 saturated heterocycles. The summed E-state index contributed by atoms with van der Waals surface area (Å²) in [5.74, 6) is -1.80. The molecule has 4 atom stereocenters. The highest BCUT2D eigenvalue weighted by Crippen LogP contribution is 2.57. The number of nitrogens with zero attached hydrogens (tertiary/aromatic N) is 1. The Labute approximate surface area is 268 Å². The van der Waals surface area contributed by atoms with Crippen LogP contribution in [0, 0.1) is 11.3 Å². The average molecular weight is 672 g/mol. The van der Waals surface area contributed by atoms with Crippen LogP contribution < -0.4 is 14.8 Å². The van der Waals surface area contributed by atoms with Gasteiger partial charge in [0, 0.05) is 13.0 Å². The Morgan fingerprint density at radius 3 is 2.50 bits per heavy atom. The SMILES string of the molecule is CC(C)(C)OC(=O)N[C@H]1CCCCC/C=C\[C@@H]2C[C@@]2(C(=O)NS(=O)(=O)Nc2ccc(Cl)c(Cl)c2)CC(=O)[C@@H]2CCCN2C1=O. The molecule has 2 heterocycles. The zero-order valence-electron chi connectivity index (χ0n) is 25.2. The third kappa shape index (κ3) is 8.66. The van der Waals surface area contributed by atoms with Crippen LogP contribution in [0.4, 0.5) is 10.5 Å². The van der Waals surface area contributed by atoms with Crippen molar-refractivity contribution in [3.8, 4) is 0 Å². The number of anilines is 1. The molecule has 242 valence electrons. The van der Waals surface area contributed by atoms with E-state index in [9.17, 15) is 27.6 Å². The van der Waals surface area contributed by atoms with Crippen LogP contribution in [-0.2, 0) is 29.3 Å². The Hall–Kier alpha value is -2.83. The Balaban J connectivity index is 1.53. The number of carbonyl (C=O) groups excluding carboxylic acids is 4. The van der Waals surface area contributed by atoms with Gasteiger partial charge in [-0.25, -0.2) is 9.52 Å². The van der Waals surface area contributed by atoms with Crippen molar-refractivity contribution >= 4 is 62.8 Å². The zero-order valence-corrected chi connectivity index (χ0v) is 27.5. The Bertz CT molecular complexity index is 1430. The van der Waals surface area contributed by atoms with E-state index in [1.165, 1.54) is 23.1 Å². The average Bonchev–Trinajstić information content (AvgIpc) is 3.37. The van der Waals surface area contributed by atoms with Crippen LogP contribution in [0.15, 0.2) is 30.4 Å². The van der Waals surface area contributed by atoms with Crippen LogP contribution in [0.5, 0.6) is 0 Å². The van der Waals surface area contributed by atoms with Gasteiger partial charge in [-0.15, -0.1) is 0 Å². The quantitative estimate of drug-likeness (QED) is 0.367. The lowest BCUT2D eigenvalue weighted by Crippen LogP contribution is -2.53.